The average Bonchev–Trinajstić information content (AvgIpc) is 2.00. The minimum absolute atomic E-state index is 0.331. The lowest BCUT2D eigenvalue weighted by Crippen LogP contribution is -2.42. The van der Waals surface area contributed by atoms with Gasteiger partial charge in [-0.2, -0.15) is 0 Å². The summed E-state index contributed by atoms with van der Waals surface area (Å²) in [5.74, 6) is -0.699. The average molecular weight is 175 g/mol. The third-order valence-electron chi connectivity index (χ3n) is 0.824. The number of nitrogens with one attached hydrogen (secondary N) is 2. The van der Waals surface area contributed by atoms with Gasteiger partial charge < -0.3 is 15.8 Å². The van der Waals surface area contributed by atoms with Gasteiger partial charge in [0.1, 0.15) is 0 Å². The number of carbonyl (C=O) groups excluding carboxylic acids is 3. The SMILES string of the molecule is COC(=O)NC(=O)NCC(N)=O. The van der Waals surface area contributed by atoms with Crippen LogP contribution in [0.2, 0.25) is 0 Å². The molecule has 0 heterocycles. The predicted octanol–water partition coefficient (Wildman–Crippen LogP) is -1.46. The van der Waals surface area contributed by atoms with Crippen molar-refractivity contribution in [3.05, 3.63) is 0 Å². The summed E-state index contributed by atoms with van der Waals surface area (Å²) < 4.78 is 4.10. The molecule has 0 aliphatic carbocycles. The molecule has 0 atom stereocenters. The highest BCUT2D eigenvalue weighted by molar-refractivity contribution is 5.92. The Bertz CT molecular complexity index is 203. The van der Waals surface area contributed by atoms with E-state index in [9.17, 15) is 14.4 Å². The number of primary amides is 1. The Balaban J connectivity index is 3.60. The minimum atomic E-state index is -0.906. The molecule has 0 aromatic carbocycles. The van der Waals surface area contributed by atoms with Crippen molar-refractivity contribution in [2.45, 2.75) is 0 Å². The molecule has 0 aliphatic heterocycles. The highest BCUT2D eigenvalue weighted by atomic mass is 16.5. The summed E-state index contributed by atoms with van der Waals surface area (Å²) in [6.45, 7) is -0.331. The van der Waals surface area contributed by atoms with E-state index < -0.39 is 18.0 Å². The molecule has 0 spiro atoms. The number of carbonyl (C=O) groups is 3. The molecular formula is C5H9N3O4. The summed E-state index contributed by atoms with van der Waals surface area (Å²) in [4.78, 5) is 31.1. The van der Waals surface area contributed by atoms with E-state index in [-0.39, 0.29) is 6.54 Å². The van der Waals surface area contributed by atoms with Gasteiger partial charge in [0.25, 0.3) is 0 Å². The van der Waals surface area contributed by atoms with Crippen LogP contribution in [0.25, 0.3) is 0 Å². The third-order valence-corrected chi connectivity index (χ3v) is 0.824. The molecule has 0 saturated carbocycles. The minimum Gasteiger partial charge on any atom is -0.453 e. The van der Waals surface area contributed by atoms with Crippen molar-refractivity contribution in [3.8, 4) is 0 Å². The van der Waals surface area contributed by atoms with Gasteiger partial charge in [0, 0.05) is 0 Å². The summed E-state index contributed by atoms with van der Waals surface area (Å²) in [5.41, 5.74) is 4.71. The maximum atomic E-state index is 10.6. The number of hydrogen-bond acceptors (Lipinski definition) is 4. The Kier molecular flexibility index (Phi) is 4.20. The molecule has 7 nitrogen and oxygen atoms in total. The first-order chi connectivity index (χ1) is 5.56. The highest BCUT2D eigenvalue weighted by Gasteiger charge is 2.06. The number of imide groups is 1. The standard InChI is InChI=1S/C5H9N3O4/c1-12-5(11)8-4(10)7-2-3(6)9/h2H2,1H3,(H2,6,9)(H2,7,8,10,11). The number of ether oxygens (including phenoxy) is 1. The normalized spacial score (nSPS) is 8.42. The predicted molar refractivity (Wildman–Crippen MR) is 38.1 cm³/mol. The van der Waals surface area contributed by atoms with Gasteiger partial charge in [-0.1, -0.05) is 0 Å². The first-order valence-electron chi connectivity index (χ1n) is 2.97. The van der Waals surface area contributed by atoms with Crippen LogP contribution in [0.5, 0.6) is 0 Å². The molecule has 7 heteroatoms. The summed E-state index contributed by atoms with van der Waals surface area (Å²) in [7, 11) is 1.11. The molecule has 0 fully saturated rings. The second kappa shape index (κ2) is 4.94. The smallest absolute Gasteiger partial charge is 0.415 e. The Labute approximate surface area is 68.2 Å². The fourth-order valence-electron chi connectivity index (χ4n) is 0.355. The fraction of sp³-hybridized carbons (Fsp3) is 0.400. The number of methoxy groups -OCH3 is 1. The van der Waals surface area contributed by atoms with E-state index in [4.69, 9.17) is 5.73 Å². The molecule has 0 aromatic rings. The third kappa shape index (κ3) is 5.03. The van der Waals surface area contributed by atoms with Gasteiger partial charge in [-0.25, -0.2) is 14.9 Å². The van der Waals surface area contributed by atoms with E-state index in [1.54, 1.807) is 5.32 Å². The zero-order valence-electron chi connectivity index (χ0n) is 6.42. The van der Waals surface area contributed by atoms with Crippen molar-refractivity contribution in [1.29, 1.82) is 0 Å². The van der Waals surface area contributed by atoms with Gasteiger partial charge in [0.15, 0.2) is 0 Å². The van der Waals surface area contributed by atoms with Crippen molar-refractivity contribution in [1.82, 2.24) is 10.6 Å². The zero-order chi connectivity index (χ0) is 9.56. The monoisotopic (exact) mass is 175 g/mol. The van der Waals surface area contributed by atoms with Crippen LogP contribution < -0.4 is 16.4 Å². The van der Waals surface area contributed by atoms with E-state index in [0.29, 0.717) is 0 Å². The van der Waals surface area contributed by atoms with Crippen molar-refractivity contribution in [2.24, 2.45) is 5.73 Å². The van der Waals surface area contributed by atoms with Crippen molar-refractivity contribution >= 4 is 18.0 Å². The zero-order valence-corrected chi connectivity index (χ0v) is 6.42. The maximum absolute atomic E-state index is 10.6. The van der Waals surface area contributed by atoms with E-state index >= 15 is 0 Å². The van der Waals surface area contributed by atoms with Crippen LogP contribution in [0.1, 0.15) is 0 Å². The summed E-state index contributed by atoms with van der Waals surface area (Å²) >= 11 is 0. The number of rotatable bonds is 2. The van der Waals surface area contributed by atoms with E-state index in [2.05, 4.69) is 4.74 Å². The van der Waals surface area contributed by atoms with Gasteiger partial charge in [-0.3, -0.25) is 4.79 Å². The highest BCUT2D eigenvalue weighted by Crippen LogP contribution is 1.71. The lowest BCUT2D eigenvalue weighted by Gasteiger charge is -2.02. The first kappa shape index (κ1) is 10.2. The lowest BCUT2D eigenvalue weighted by atomic mass is 10.6. The first-order valence-corrected chi connectivity index (χ1v) is 2.97. The molecule has 0 rings (SSSR count). The van der Waals surface area contributed by atoms with E-state index in [1.807, 2.05) is 5.32 Å². The fourth-order valence-corrected chi connectivity index (χ4v) is 0.355. The summed E-state index contributed by atoms with van der Waals surface area (Å²) in [6.07, 6.45) is -0.906. The van der Waals surface area contributed by atoms with Crippen LogP contribution in [-0.4, -0.2) is 31.7 Å². The van der Waals surface area contributed by atoms with Crippen LogP contribution in [0.3, 0.4) is 0 Å². The molecule has 0 radical (unpaired) electrons. The quantitative estimate of drug-likeness (QED) is 0.476. The van der Waals surface area contributed by atoms with Gasteiger partial charge >= 0.3 is 12.1 Å². The Morgan fingerprint density at radius 1 is 1.42 bits per heavy atom. The number of hydrogen-bond donors (Lipinski definition) is 3. The number of urea groups is 1. The lowest BCUT2D eigenvalue weighted by molar-refractivity contribution is -0.117. The molecule has 0 aliphatic rings. The molecule has 0 saturated heterocycles. The summed E-state index contributed by atoms with van der Waals surface area (Å²) in [6, 6.07) is -0.833. The second-order valence-electron chi connectivity index (χ2n) is 1.77. The number of alkyl carbamates (subject to hydrolysis) is 1. The van der Waals surface area contributed by atoms with E-state index in [0.717, 1.165) is 7.11 Å². The topological polar surface area (TPSA) is 111 Å². The van der Waals surface area contributed by atoms with Crippen LogP contribution in [-0.2, 0) is 9.53 Å². The van der Waals surface area contributed by atoms with Crippen LogP contribution in [0.4, 0.5) is 9.59 Å². The van der Waals surface area contributed by atoms with Crippen LogP contribution in [0, 0.1) is 0 Å². The Morgan fingerprint density at radius 3 is 2.42 bits per heavy atom. The molecule has 0 bridgehead atoms. The van der Waals surface area contributed by atoms with Crippen molar-refractivity contribution in [3.63, 3.8) is 0 Å². The summed E-state index contributed by atoms with van der Waals surface area (Å²) in [5, 5.41) is 3.79. The Hall–Kier alpha value is -1.79. The second-order valence-corrected chi connectivity index (χ2v) is 1.77. The van der Waals surface area contributed by atoms with Crippen LogP contribution in [0.15, 0.2) is 0 Å². The number of nitrogens with two attached hydrogens (primary N) is 1. The number of amides is 4. The maximum Gasteiger partial charge on any atom is 0.415 e. The molecule has 0 aromatic heterocycles. The van der Waals surface area contributed by atoms with Crippen molar-refractivity contribution in [2.75, 3.05) is 13.7 Å². The molecular weight excluding hydrogens is 166 g/mol. The van der Waals surface area contributed by atoms with E-state index in [1.165, 1.54) is 0 Å². The molecule has 4 amide bonds. The van der Waals surface area contributed by atoms with Gasteiger partial charge in [-0.05, 0) is 0 Å². The van der Waals surface area contributed by atoms with Gasteiger partial charge in [0.05, 0.1) is 13.7 Å². The largest absolute Gasteiger partial charge is 0.453 e. The molecule has 4 N–H and O–H groups in total. The Morgan fingerprint density at radius 2 is 2.00 bits per heavy atom. The molecule has 0 unspecified atom stereocenters. The van der Waals surface area contributed by atoms with Crippen molar-refractivity contribution < 1.29 is 19.1 Å². The van der Waals surface area contributed by atoms with Gasteiger partial charge in [0.2, 0.25) is 5.91 Å². The van der Waals surface area contributed by atoms with Crippen LogP contribution >= 0.6 is 0 Å². The molecule has 68 valence electrons. The van der Waals surface area contributed by atoms with Gasteiger partial charge in [-0.15, -0.1) is 0 Å². The molecule has 12 heavy (non-hydrogen) atoms.